The summed E-state index contributed by atoms with van der Waals surface area (Å²) in [6.45, 7) is 1.73. The van der Waals surface area contributed by atoms with Crippen LogP contribution in [0.1, 0.15) is 18.5 Å². The molecule has 7 heteroatoms. The minimum Gasteiger partial charge on any atom is -0.383 e. The highest BCUT2D eigenvalue weighted by Gasteiger charge is 2.21. The van der Waals surface area contributed by atoms with Gasteiger partial charge in [0, 0.05) is 17.7 Å². The lowest BCUT2D eigenvalue weighted by molar-refractivity contribution is -0.124. The van der Waals surface area contributed by atoms with Gasteiger partial charge in [-0.3, -0.25) is 4.79 Å². The fraction of sp³-hybridized carbons (Fsp3) is 0.417. The van der Waals surface area contributed by atoms with Crippen LogP contribution in [0.25, 0.3) is 0 Å². The molecule has 1 amide bonds. The fourth-order valence-electron chi connectivity index (χ4n) is 1.59. The summed E-state index contributed by atoms with van der Waals surface area (Å²) in [5.41, 5.74) is 5.90. The van der Waals surface area contributed by atoms with Crippen LogP contribution in [0.5, 0.6) is 0 Å². The third kappa shape index (κ3) is 4.04. The third-order valence-corrected chi connectivity index (χ3v) is 3.27. The molecule has 0 radical (unpaired) electrons. The Bertz CT molecular complexity index is 471. The molecule has 0 aliphatic rings. The maximum absolute atomic E-state index is 13.4. The number of rotatable bonds is 5. The summed E-state index contributed by atoms with van der Waals surface area (Å²) in [6.07, 6.45) is 0. The molecule has 2 unspecified atom stereocenters. The minimum atomic E-state index is -0.807. The molecule has 0 aromatic heterocycles. The number of halogens is 3. The Morgan fingerprint density at radius 3 is 2.74 bits per heavy atom. The lowest BCUT2D eigenvalue weighted by Gasteiger charge is -2.19. The van der Waals surface area contributed by atoms with Gasteiger partial charge in [-0.1, -0.05) is 23.2 Å². The van der Waals surface area contributed by atoms with Gasteiger partial charge in [-0.05, 0) is 19.1 Å². The molecule has 1 rings (SSSR count). The summed E-state index contributed by atoms with van der Waals surface area (Å²) in [7, 11) is 1.44. The Kier molecular flexibility index (Phi) is 6.00. The maximum Gasteiger partial charge on any atom is 0.239 e. The zero-order chi connectivity index (χ0) is 14.6. The molecule has 0 heterocycles. The molecule has 0 bridgehead atoms. The van der Waals surface area contributed by atoms with Crippen molar-refractivity contribution >= 4 is 29.1 Å². The van der Waals surface area contributed by atoms with E-state index in [1.165, 1.54) is 19.2 Å². The van der Waals surface area contributed by atoms with E-state index < -0.39 is 23.8 Å². The largest absolute Gasteiger partial charge is 0.383 e. The summed E-state index contributed by atoms with van der Waals surface area (Å²) < 4.78 is 18.2. The molecule has 1 aromatic carbocycles. The summed E-state index contributed by atoms with van der Waals surface area (Å²) in [6, 6.07) is 1.18. The van der Waals surface area contributed by atoms with Crippen molar-refractivity contribution in [2.24, 2.45) is 5.73 Å². The van der Waals surface area contributed by atoms with Crippen LogP contribution < -0.4 is 11.1 Å². The Balaban J connectivity index is 2.87. The second-order valence-electron chi connectivity index (χ2n) is 4.05. The van der Waals surface area contributed by atoms with Crippen LogP contribution in [0.15, 0.2) is 12.1 Å². The van der Waals surface area contributed by atoms with Crippen molar-refractivity contribution in [2.75, 3.05) is 13.7 Å². The molecule has 4 nitrogen and oxygen atoms in total. The Labute approximate surface area is 121 Å². The highest BCUT2D eigenvalue weighted by atomic mass is 35.5. The van der Waals surface area contributed by atoms with Gasteiger partial charge in [0.1, 0.15) is 11.9 Å². The predicted molar refractivity (Wildman–Crippen MR) is 72.8 cm³/mol. The molecule has 0 aliphatic heterocycles. The van der Waals surface area contributed by atoms with Crippen LogP contribution in [-0.4, -0.2) is 25.7 Å². The van der Waals surface area contributed by atoms with Gasteiger partial charge in [-0.25, -0.2) is 4.39 Å². The number of hydrogen-bond acceptors (Lipinski definition) is 3. The number of amides is 1. The molecule has 2 atom stereocenters. The molecule has 106 valence electrons. The van der Waals surface area contributed by atoms with Crippen LogP contribution in [0.4, 0.5) is 4.39 Å². The van der Waals surface area contributed by atoms with E-state index in [9.17, 15) is 9.18 Å². The highest BCUT2D eigenvalue weighted by Crippen LogP contribution is 2.32. The van der Waals surface area contributed by atoms with Gasteiger partial charge >= 0.3 is 0 Å². The van der Waals surface area contributed by atoms with E-state index in [4.69, 9.17) is 33.7 Å². The molecule has 0 aliphatic carbocycles. The molecule has 0 saturated carbocycles. The van der Waals surface area contributed by atoms with Gasteiger partial charge in [0.25, 0.3) is 0 Å². The van der Waals surface area contributed by atoms with Crippen molar-refractivity contribution in [2.45, 2.75) is 19.0 Å². The second kappa shape index (κ2) is 7.05. The number of carbonyl (C=O) groups excluding carboxylic acids is 1. The van der Waals surface area contributed by atoms with E-state index in [1.807, 2.05) is 0 Å². The first-order chi connectivity index (χ1) is 8.88. The first-order valence-corrected chi connectivity index (χ1v) is 6.32. The van der Waals surface area contributed by atoms with E-state index in [0.29, 0.717) is 5.56 Å². The number of nitrogens with two attached hydrogens (primary N) is 1. The zero-order valence-electron chi connectivity index (χ0n) is 10.5. The molecule has 1 aromatic rings. The molecule has 0 saturated heterocycles. The molecular formula is C12H15Cl2FN2O2. The van der Waals surface area contributed by atoms with Gasteiger partial charge in [-0.15, -0.1) is 0 Å². The normalized spacial score (nSPS) is 14.0. The first kappa shape index (κ1) is 16.2. The van der Waals surface area contributed by atoms with Crippen LogP contribution in [0.3, 0.4) is 0 Å². The Morgan fingerprint density at radius 2 is 2.16 bits per heavy atom. The SMILES string of the molecule is COCC(N)C(=O)NC(C)c1c(Cl)ccc(F)c1Cl. The van der Waals surface area contributed by atoms with E-state index in [-0.39, 0.29) is 16.7 Å². The quantitative estimate of drug-likeness (QED) is 0.820. The summed E-state index contributed by atoms with van der Waals surface area (Å²) in [5.74, 6) is -1.02. The Morgan fingerprint density at radius 1 is 1.53 bits per heavy atom. The lowest BCUT2D eigenvalue weighted by Crippen LogP contribution is -2.44. The van der Waals surface area contributed by atoms with E-state index >= 15 is 0 Å². The monoisotopic (exact) mass is 308 g/mol. The topological polar surface area (TPSA) is 64.3 Å². The Hall–Kier alpha value is -0.880. The number of hydrogen-bond donors (Lipinski definition) is 2. The molecule has 0 spiro atoms. The standard InChI is InChI=1S/C12H15Cl2FN2O2/c1-6(17-12(18)9(16)5-19-2)10-7(13)3-4-8(15)11(10)14/h3-4,6,9H,5,16H2,1-2H3,(H,17,18). The van der Waals surface area contributed by atoms with Crippen molar-refractivity contribution in [3.05, 3.63) is 33.6 Å². The maximum atomic E-state index is 13.4. The third-order valence-electron chi connectivity index (χ3n) is 2.55. The van der Waals surface area contributed by atoms with Crippen LogP contribution in [-0.2, 0) is 9.53 Å². The van der Waals surface area contributed by atoms with Crippen LogP contribution in [0.2, 0.25) is 10.0 Å². The average Bonchev–Trinajstić information content (AvgIpc) is 2.34. The molecule has 3 N–H and O–H groups in total. The number of methoxy groups -OCH3 is 1. The molecular weight excluding hydrogens is 294 g/mol. The van der Waals surface area contributed by atoms with Crippen LogP contribution >= 0.6 is 23.2 Å². The zero-order valence-corrected chi connectivity index (χ0v) is 12.1. The second-order valence-corrected chi connectivity index (χ2v) is 4.83. The van der Waals surface area contributed by atoms with E-state index in [2.05, 4.69) is 5.32 Å². The fourth-order valence-corrected chi connectivity index (χ4v) is 2.29. The van der Waals surface area contributed by atoms with Gasteiger partial charge < -0.3 is 15.8 Å². The number of nitrogens with one attached hydrogen (secondary N) is 1. The van der Waals surface area contributed by atoms with E-state index in [1.54, 1.807) is 6.92 Å². The van der Waals surface area contributed by atoms with Crippen molar-refractivity contribution < 1.29 is 13.9 Å². The number of benzene rings is 1. The van der Waals surface area contributed by atoms with Gasteiger partial charge in [0.2, 0.25) is 5.91 Å². The van der Waals surface area contributed by atoms with Crippen molar-refractivity contribution in [3.63, 3.8) is 0 Å². The first-order valence-electron chi connectivity index (χ1n) is 5.56. The predicted octanol–water partition coefficient (Wildman–Crippen LogP) is 2.28. The van der Waals surface area contributed by atoms with Crippen molar-refractivity contribution in [1.82, 2.24) is 5.32 Å². The summed E-state index contributed by atoms with van der Waals surface area (Å²) >= 11 is 11.8. The van der Waals surface area contributed by atoms with Crippen LogP contribution in [0, 0.1) is 5.82 Å². The van der Waals surface area contributed by atoms with Gasteiger partial charge in [-0.2, -0.15) is 0 Å². The van der Waals surface area contributed by atoms with Gasteiger partial charge in [0.15, 0.2) is 0 Å². The lowest BCUT2D eigenvalue weighted by atomic mass is 10.1. The summed E-state index contributed by atoms with van der Waals surface area (Å²) in [4.78, 5) is 11.7. The summed E-state index contributed by atoms with van der Waals surface area (Å²) in [5, 5.41) is 2.78. The van der Waals surface area contributed by atoms with Crippen molar-refractivity contribution in [3.8, 4) is 0 Å². The molecule has 0 fully saturated rings. The average molecular weight is 309 g/mol. The van der Waals surface area contributed by atoms with E-state index in [0.717, 1.165) is 0 Å². The number of carbonyl (C=O) groups is 1. The van der Waals surface area contributed by atoms with Crippen molar-refractivity contribution in [1.29, 1.82) is 0 Å². The highest BCUT2D eigenvalue weighted by molar-refractivity contribution is 6.36. The number of ether oxygens (including phenoxy) is 1. The molecule has 19 heavy (non-hydrogen) atoms. The van der Waals surface area contributed by atoms with Gasteiger partial charge in [0.05, 0.1) is 17.7 Å². The minimum absolute atomic E-state index is 0.0865. The smallest absolute Gasteiger partial charge is 0.239 e.